The summed E-state index contributed by atoms with van der Waals surface area (Å²) >= 11 is 0. The fourth-order valence-electron chi connectivity index (χ4n) is 5.99. The zero-order chi connectivity index (χ0) is 27.6. The largest absolute Gasteiger partial charge is 0.399 e. The number of hydrogen-bond acceptors (Lipinski definition) is 2. The van der Waals surface area contributed by atoms with Crippen molar-refractivity contribution in [3.8, 4) is 0 Å². The van der Waals surface area contributed by atoms with Gasteiger partial charge in [-0.1, -0.05) is 106 Å². The minimum absolute atomic E-state index is 0.411. The number of nitrogen functional groups attached to an aromatic ring is 2. The molecule has 0 amide bonds. The molecule has 0 fully saturated rings. The summed E-state index contributed by atoms with van der Waals surface area (Å²) in [5, 5.41) is 0. The van der Waals surface area contributed by atoms with Crippen LogP contribution in [0.2, 0.25) is 0 Å². The molecule has 204 valence electrons. The Morgan fingerprint density at radius 3 is 1.13 bits per heavy atom. The van der Waals surface area contributed by atoms with Gasteiger partial charge in [-0.3, -0.25) is 0 Å². The van der Waals surface area contributed by atoms with Gasteiger partial charge in [0.15, 0.2) is 0 Å². The Morgan fingerprint density at radius 1 is 0.487 bits per heavy atom. The van der Waals surface area contributed by atoms with Crippen molar-refractivity contribution < 1.29 is 0 Å². The van der Waals surface area contributed by atoms with E-state index in [1.54, 1.807) is 0 Å². The van der Waals surface area contributed by atoms with Crippen molar-refractivity contribution >= 4 is 11.4 Å². The van der Waals surface area contributed by atoms with Gasteiger partial charge in [0.05, 0.1) is 0 Å². The monoisotopic (exact) mass is 518 g/mol. The van der Waals surface area contributed by atoms with Gasteiger partial charge in [0, 0.05) is 23.2 Å². The van der Waals surface area contributed by atoms with Crippen LogP contribution in [0.5, 0.6) is 0 Å². The SMILES string of the molecule is CCCCC(Cc1ccc(C(CC)c2ccc(N)cc2)cc1)Cc1ccc(C(CC)c2ccc(N)cc2)cc1. The van der Waals surface area contributed by atoms with Crippen molar-refractivity contribution in [3.05, 3.63) is 130 Å². The molecule has 0 spiro atoms. The van der Waals surface area contributed by atoms with Crippen LogP contribution < -0.4 is 11.5 Å². The van der Waals surface area contributed by atoms with E-state index in [1.165, 1.54) is 52.6 Å². The maximum absolute atomic E-state index is 5.91. The van der Waals surface area contributed by atoms with Crippen molar-refractivity contribution in [2.75, 3.05) is 11.5 Å². The van der Waals surface area contributed by atoms with Crippen LogP contribution in [0.4, 0.5) is 11.4 Å². The molecule has 0 radical (unpaired) electrons. The summed E-state index contributed by atoms with van der Waals surface area (Å²) < 4.78 is 0. The Labute approximate surface area is 236 Å². The summed E-state index contributed by atoms with van der Waals surface area (Å²) in [5.41, 5.74) is 21.8. The quantitative estimate of drug-likeness (QED) is 0.173. The first-order valence-corrected chi connectivity index (χ1v) is 14.9. The molecule has 2 unspecified atom stereocenters. The standard InChI is InChI=1S/C37H46N2/c1-4-7-8-29(25-27-9-13-30(14-10-27)36(5-2)32-17-21-34(38)22-18-32)26-28-11-15-31(16-12-28)37(6-3)33-19-23-35(39)24-20-33/h9-24,29,36-37H,4-8,25-26,38-39H2,1-3H3. The summed E-state index contributed by atoms with van der Waals surface area (Å²) in [6.45, 7) is 6.82. The molecule has 2 atom stereocenters. The Kier molecular flexibility index (Phi) is 10.3. The van der Waals surface area contributed by atoms with Crippen LogP contribution in [0.25, 0.3) is 0 Å². The highest BCUT2D eigenvalue weighted by molar-refractivity contribution is 5.44. The van der Waals surface area contributed by atoms with E-state index in [0.717, 1.165) is 37.1 Å². The molecule has 4 N–H and O–H groups in total. The lowest BCUT2D eigenvalue weighted by Gasteiger charge is -2.20. The summed E-state index contributed by atoms with van der Waals surface area (Å²) in [4.78, 5) is 0. The van der Waals surface area contributed by atoms with Gasteiger partial charge >= 0.3 is 0 Å². The van der Waals surface area contributed by atoms with Gasteiger partial charge in [0.2, 0.25) is 0 Å². The molecule has 0 heterocycles. The van der Waals surface area contributed by atoms with E-state index >= 15 is 0 Å². The Bertz CT molecular complexity index is 1160. The maximum atomic E-state index is 5.91. The molecule has 4 rings (SSSR count). The Morgan fingerprint density at radius 2 is 0.821 bits per heavy atom. The maximum Gasteiger partial charge on any atom is 0.0314 e. The van der Waals surface area contributed by atoms with Gasteiger partial charge in [-0.2, -0.15) is 0 Å². The summed E-state index contributed by atoms with van der Waals surface area (Å²) in [6, 6.07) is 35.5. The molecule has 0 saturated carbocycles. The van der Waals surface area contributed by atoms with Gasteiger partial charge in [-0.25, -0.2) is 0 Å². The number of anilines is 2. The van der Waals surface area contributed by atoms with E-state index in [0.29, 0.717) is 17.8 Å². The summed E-state index contributed by atoms with van der Waals surface area (Å²) in [7, 11) is 0. The predicted octanol–water partition coefficient (Wildman–Crippen LogP) is 9.53. The lowest BCUT2D eigenvalue weighted by molar-refractivity contribution is 0.460. The Hall–Kier alpha value is -3.52. The zero-order valence-corrected chi connectivity index (χ0v) is 24.1. The topological polar surface area (TPSA) is 52.0 Å². The van der Waals surface area contributed by atoms with E-state index in [4.69, 9.17) is 11.5 Å². The number of rotatable bonds is 13. The molecule has 0 saturated heterocycles. The van der Waals surface area contributed by atoms with Crippen LogP contribution in [0, 0.1) is 5.92 Å². The van der Waals surface area contributed by atoms with Crippen molar-refractivity contribution in [3.63, 3.8) is 0 Å². The molecular formula is C37H46N2. The third-order valence-electron chi connectivity index (χ3n) is 8.27. The van der Waals surface area contributed by atoms with Gasteiger partial charge in [0.1, 0.15) is 0 Å². The number of unbranched alkanes of at least 4 members (excludes halogenated alkanes) is 1. The normalized spacial score (nSPS) is 13.6. The van der Waals surface area contributed by atoms with Crippen molar-refractivity contribution in [1.29, 1.82) is 0 Å². The van der Waals surface area contributed by atoms with Crippen LogP contribution in [0.1, 0.15) is 98.1 Å². The second kappa shape index (κ2) is 14.0. The highest BCUT2D eigenvalue weighted by Gasteiger charge is 2.16. The third kappa shape index (κ3) is 7.76. The van der Waals surface area contributed by atoms with E-state index in [1.807, 2.05) is 24.3 Å². The molecule has 39 heavy (non-hydrogen) atoms. The minimum Gasteiger partial charge on any atom is -0.399 e. The van der Waals surface area contributed by atoms with Gasteiger partial charge in [-0.05, 0) is 95.7 Å². The second-order valence-corrected chi connectivity index (χ2v) is 11.2. The molecule has 4 aromatic rings. The molecule has 4 aromatic carbocycles. The van der Waals surface area contributed by atoms with E-state index in [-0.39, 0.29) is 0 Å². The molecule has 0 bridgehead atoms. The van der Waals surface area contributed by atoms with Crippen LogP contribution >= 0.6 is 0 Å². The first-order chi connectivity index (χ1) is 19.0. The van der Waals surface area contributed by atoms with Crippen molar-refractivity contribution in [1.82, 2.24) is 0 Å². The lowest BCUT2D eigenvalue weighted by Crippen LogP contribution is -2.09. The third-order valence-corrected chi connectivity index (χ3v) is 8.27. The number of hydrogen-bond donors (Lipinski definition) is 2. The molecule has 0 aliphatic rings. The zero-order valence-electron chi connectivity index (χ0n) is 24.1. The minimum atomic E-state index is 0.411. The Balaban J connectivity index is 1.44. The molecule has 2 nitrogen and oxygen atoms in total. The van der Waals surface area contributed by atoms with Gasteiger partial charge in [0.25, 0.3) is 0 Å². The van der Waals surface area contributed by atoms with Crippen LogP contribution in [-0.2, 0) is 12.8 Å². The first kappa shape index (κ1) is 28.5. The lowest BCUT2D eigenvalue weighted by atomic mass is 9.85. The van der Waals surface area contributed by atoms with Gasteiger partial charge in [-0.15, -0.1) is 0 Å². The molecule has 2 heteroatoms. The van der Waals surface area contributed by atoms with Gasteiger partial charge < -0.3 is 11.5 Å². The first-order valence-electron chi connectivity index (χ1n) is 14.9. The highest BCUT2D eigenvalue weighted by Crippen LogP contribution is 2.31. The summed E-state index contributed by atoms with van der Waals surface area (Å²) in [6.07, 6.45) is 8.21. The smallest absolute Gasteiger partial charge is 0.0314 e. The average molecular weight is 519 g/mol. The highest BCUT2D eigenvalue weighted by atomic mass is 14.5. The molecule has 0 aliphatic heterocycles. The summed E-state index contributed by atoms with van der Waals surface area (Å²) in [5.74, 6) is 1.48. The van der Waals surface area contributed by atoms with E-state index in [2.05, 4.69) is 93.6 Å². The second-order valence-electron chi connectivity index (χ2n) is 11.2. The number of benzene rings is 4. The van der Waals surface area contributed by atoms with Crippen LogP contribution in [0.15, 0.2) is 97.1 Å². The van der Waals surface area contributed by atoms with Crippen molar-refractivity contribution in [2.24, 2.45) is 5.92 Å². The molecular weight excluding hydrogens is 472 g/mol. The fraction of sp³-hybridized carbons (Fsp3) is 0.351. The molecule has 0 aliphatic carbocycles. The van der Waals surface area contributed by atoms with E-state index in [9.17, 15) is 0 Å². The van der Waals surface area contributed by atoms with Crippen LogP contribution in [-0.4, -0.2) is 0 Å². The average Bonchev–Trinajstić information content (AvgIpc) is 2.96. The fourth-order valence-corrected chi connectivity index (χ4v) is 5.99. The van der Waals surface area contributed by atoms with E-state index < -0.39 is 0 Å². The van der Waals surface area contributed by atoms with Crippen molar-refractivity contribution in [2.45, 2.75) is 77.6 Å². The number of nitrogens with two attached hydrogens (primary N) is 2. The molecule has 0 aromatic heterocycles. The predicted molar refractivity (Wildman–Crippen MR) is 169 cm³/mol. The van der Waals surface area contributed by atoms with Crippen LogP contribution in [0.3, 0.4) is 0 Å².